The Balaban J connectivity index is 0.00000261. The number of carboxylic acids is 1. The molecule has 3 rings (SSSR count). The summed E-state index contributed by atoms with van der Waals surface area (Å²) in [5.74, 6) is 0.964. The van der Waals surface area contributed by atoms with E-state index in [1.807, 2.05) is 36.4 Å². The summed E-state index contributed by atoms with van der Waals surface area (Å²) in [5, 5.41) is 8.72. The second-order valence-corrected chi connectivity index (χ2v) is 7.62. The predicted molar refractivity (Wildman–Crippen MR) is 118 cm³/mol. The van der Waals surface area contributed by atoms with Crippen LogP contribution in [-0.4, -0.2) is 78.3 Å². The van der Waals surface area contributed by atoms with Crippen LogP contribution in [0.1, 0.15) is 12.8 Å². The van der Waals surface area contributed by atoms with Crippen LogP contribution in [0.3, 0.4) is 0 Å². The number of aliphatic carboxylic acids is 1. The summed E-state index contributed by atoms with van der Waals surface area (Å²) in [4.78, 5) is 15.3. The van der Waals surface area contributed by atoms with Crippen LogP contribution in [0.4, 0.5) is 5.69 Å². The van der Waals surface area contributed by atoms with Crippen molar-refractivity contribution in [2.24, 2.45) is 0 Å². The molecule has 2 aromatic carbocycles. The number of ether oxygens (including phenoxy) is 1. The molecule has 0 saturated carbocycles. The number of carboxylic acid groups (broad SMARTS) is 1. The van der Waals surface area contributed by atoms with E-state index >= 15 is 0 Å². The summed E-state index contributed by atoms with van der Waals surface area (Å²) in [6, 6.07) is 16.2. The minimum absolute atomic E-state index is 0. The standard InChI is InChI=1S/C20H23IN2O3.Na.H/c21-16-3-7-18(8-4-16)26-19-9-5-17(6-10-19)23-14-12-22(13-15-23)11-1-2-20(24)25;;/h3-10H,1-2,11-15H2,(H,24,25);;. The summed E-state index contributed by atoms with van der Waals surface area (Å²) in [6.07, 6.45) is 0.974. The molecule has 1 aliphatic heterocycles. The van der Waals surface area contributed by atoms with Gasteiger partial charge >= 0.3 is 35.5 Å². The van der Waals surface area contributed by atoms with E-state index in [0.29, 0.717) is 0 Å². The SMILES string of the molecule is O=C(O)CCCN1CCN(c2ccc(Oc3ccc(I)cc3)cc2)CC1.[NaH]. The average Bonchev–Trinajstić information content (AvgIpc) is 2.65. The van der Waals surface area contributed by atoms with Gasteiger partial charge in [-0.3, -0.25) is 9.69 Å². The summed E-state index contributed by atoms with van der Waals surface area (Å²) < 4.78 is 7.07. The first-order valence-electron chi connectivity index (χ1n) is 8.83. The predicted octanol–water partition coefficient (Wildman–Crippen LogP) is 3.42. The van der Waals surface area contributed by atoms with E-state index in [1.165, 1.54) is 9.26 Å². The number of benzene rings is 2. The molecule has 27 heavy (non-hydrogen) atoms. The molecule has 0 bridgehead atoms. The van der Waals surface area contributed by atoms with Gasteiger partial charge in [0.25, 0.3) is 0 Å². The first-order valence-corrected chi connectivity index (χ1v) is 9.90. The quantitative estimate of drug-likeness (QED) is 0.477. The maximum atomic E-state index is 10.6. The van der Waals surface area contributed by atoms with Gasteiger partial charge in [0.2, 0.25) is 0 Å². The Bertz CT molecular complexity index is 717. The van der Waals surface area contributed by atoms with Crippen LogP contribution in [0.25, 0.3) is 0 Å². The summed E-state index contributed by atoms with van der Waals surface area (Å²) in [5.41, 5.74) is 1.20. The van der Waals surface area contributed by atoms with Crippen molar-refractivity contribution in [2.45, 2.75) is 12.8 Å². The van der Waals surface area contributed by atoms with E-state index in [1.54, 1.807) is 0 Å². The Morgan fingerprint density at radius 2 is 1.52 bits per heavy atom. The van der Waals surface area contributed by atoms with Crippen LogP contribution < -0.4 is 9.64 Å². The second kappa shape index (κ2) is 11.3. The van der Waals surface area contributed by atoms with Gasteiger partial charge in [0.15, 0.2) is 0 Å². The fourth-order valence-electron chi connectivity index (χ4n) is 3.05. The van der Waals surface area contributed by atoms with E-state index in [4.69, 9.17) is 9.84 Å². The van der Waals surface area contributed by atoms with Crippen molar-refractivity contribution >= 4 is 63.8 Å². The van der Waals surface area contributed by atoms with Crippen molar-refractivity contribution in [2.75, 3.05) is 37.6 Å². The molecule has 5 nitrogen and oxygen atoms in total. The first kappa shape index (κ1) is 22.5. The minimum atomic E-state index is -0.712. The molecule has 140 valence electrons. The van der Waals surface area contributed by atoms with Crippen molar-refractivity contribution in [3.8, 4) is 11.5 Å². The topological polar surface area (TPSA) is 53.0 Å². The Hall–Kier alpha value is -0.800. The molecule has 0 atom stereocenters. The molecule has 0 amide bonds. The zero-order valence-electron chi connectivity index (χ0n) is 14.6. The van der Waals surface area contributed by atoms with E-state index in [9.17, 15) is 4.79 Å². The van der Waals surface area contributed by atoms with Gasteiger partial charge < -0.3 is 14.7 Å². The van der Waals surface area contributed by atoms with E-state index < -0.39 is 5.97 Å². The number of anilines is 1. The van der Waals surface area contributed by atoms with Gasteiger partial charge in [-0.2, -0.15) is 0 Å². The molecule has 0 radical (unpaired) electrons. The first-order chi connectivity index (χ1) is 12.6. The molecule has 0 unspecified atom stereocenters. The van der Waals surface area contributed by atoms with Crippen molar-refractivity contribution < 1.29 is 14.6 Å². The molecule has 2 aromatic rings. The number of rotatable bonds is 7. The van der Waals surface area contributed by atoms with Gasteiger partial charge in [0, 0.05) is 41.9 Å². The van der Waals surface area contributed by atoms with Crippen LogP contribution in [0.15, 0.2) is 48.5 Å². The Kier molecular flexibility index (Phi) is 9.38. The zero-order chi connectivity index (χ0) is 18.4. The van der Waals surface area contributed by atoms with Crippen LogP contribution in [0.2, 0.25) is 0 Å². The third kappa shape index (κ3) is 7.27. The molecule has 1 N–H and O–H groups in total. The van der Waals surface area contributed by atoms with Gasteiger partial charge in [-0.05, 0) is 84.1 Å². The van der Waals surface area contributed by atoms with Crippen LogP contribution >= 0.6 is 22.6 Å². The summed E-state index contributed by atoms with van der Waals surface area (Å²) >= 11 is 2.28. The molecule has 1 saturated heterocycles. The van der Waals surface area contributed by atoms with E-state index in [2.05, 4.69) is 44.5 Å². The Morgan fingerprint density at radius 3 is 2.07 bits per heavy atom. The van der Waals surface area contributed by atoms with Gasteiger partial charge in [0.1, 0.15) is 11.5 Å². The molecular formula is C20H24IN2NaO3. The van der Waals surface area contributed by atoms with Crippen molar-refractivity contribution in [1.82, 2.24) is 4.90 Å². The molecule has 1 fully saturated rings. The third-order valence-electron chi connectivity index (χ3n) is 4.49. The number of hydrogen-bond acceptors (Lipinski definition) is 4. The normalized spacial score (nSPS) is 14.5. The monoisotopic (exact) mass is 490 g/mol. The van der Waals surface area contributed by atoms with Crippen molar-refractivity contribution in [3.63, 3.8) is 0 Å². The number of carbonyl (C=O) groups is 1. The van der Waals surface area contributed by atoms with E-state index in [-0.39, 0.29) is 36.0 Å². The molecule has 0 aliphatic carbocycles. The van der Waals surface area contributed by atoms with E-state index in [0.717, 1.165) is 50.6 Å². The summed E-state index contributed by atoms with van der Waals surface area (Å²) in [6.45, 7) is 4.73. The van der Waals surface area contributed by atoms with Crippen LogP contribution in [0.5, 0.6) is 11.5 Å². The number of halogens is 1. The van der Waals surface area contributed by atoms with Crippen LogP contribution in [0, 0.1) is 3.57 Å². The number of piperazine rings is 1. The molecule has 0 aromatic heterocycles. The Labute approximate surface area is 196 Å². The Morgan fingerprint density at radius 1 is 0.963 bits per heavy atom. The fraction of sp³-hybridized carbons (Fsp3) is 0.350. The van der Waals surface area contributed by atoms with Gasteiger partial charge in [0.05, 0.1) is 0 Å². The fourth-order valence-corrected chi connectivity index (χ4v) is 3.41. The third-order valence-corrected chi connectivity index (χ3v) is 5.21. The van der Waals surface area contributed by atoms with Crippen molar-refractivity contribution in [1.29, 1.82) is 0 Å². The molecule has 7 heteroatoms. The van der Waals surface area contributed by atoms with Gasteiger partial charge in [-0.25, -0.2) is 0 Å². The summed E-state index contributed by atoms with van der Waals surface area (Å²) in [7, 11) is 0. The second-order valence-electron chi connectivity index (χ2n) is 6.38. The van der Waals surface area contributed by atoms with Crippen molar-refractivity contribution in [3.05, 3.63) is 52.1 Å². The number of nitrogens with zero attached hydrogens (tertiary/aromatic N) is 2. The molecule has 0 spiro atoms. The average molecular weight is 490 g/mol. The van der Waals surface area contributed by atoms with Gasteiger partial charge in [-0.15, -0.1) is 0 Å². The number of hydrogen-bond donors (Lipinski definition) is 1. The van der Waals surface area contributed by atoms with Crippen LogP contribution in [-0.2, 0) is 4.79 Å². The maximum absolute atomic E-state index is 10.6. The molecular weight excluding hydrogens is 466 g/mol. The molecule has 1 aliphatic rings. The zero-order valence-corrected chi connectivity index (χ0v) is 16.8. The molecule has 1 heterocycles. The van der Waals surface area contributed by atoms with Gasteiger partial charge in [-0.1, -0.05) is 0 Å².